The fourth-order valence-electron chi connectivity index (χ4n) is 8.29. The maximum atomic E-state index is 14.0. The first-order valence-corrected chi connectivity index (χ1v) is 22.0. The Morgan fingerprint density at radius 3 is 2.30 bits per heavy atom. The van der Waals surface area contributed by atoms with E-state index in [0.29, 0.717) is 79.8 Å². The van der Waals surface area contributed by atoms with E-state index in [1.807, 2.05) is 6.21 Å². The van der Waals surface area contributed by atoms with Gasteiger partial charge < -0.3 is 38.6 Å². The molecule has 7 rings (SSSR count). The van der Waals surface area contributed by atoms with Gasteiger partial charge in [-0.2, -0.15) is 0 Å². The molecule has 3 fully saturated rings. The molecule has 1 N–H and O–H groups in total. The number of aliphatic hydroxyl groups excluding tert-OH is 1. The van der Waals surface area contributed by atoms with Gasteiger partial charge in [-0.1, -0.05) is 53.5 Å². The maximum Gasteiger partial charge on any atom is 0.416 e. The number of benzene rings is 2. The molecule has 4 aliphatic heterocycles. The second-order valence-electron chi connectivity index (χ2n) is 15.0. The molecule has 1 saturated carbocycles. The highest BCUT2D eigenvalue weighted by atomic mass is 33.1. The van der Waals surface area contributed by atoms with E-state index in [0.717, 1.165) is 56.3 Å². The van der Waals surface area contributed by atoms with Gasteiger partial charge in [0.25, 0.3) is 11.8 Å². The summed E-state index contributed by atoms with van der Waals surface area (Å²) in [5, 5.41) is 11.7. The van der Waals surface area contributed by atoms with E-state index in [1.165, 1.54) is 12.0 Å². The van der Waals surface area contributed by atoms with Crippen molar-refractivity contribution in [1.82, 2.24) is 9.80 Å². The van der Waals surface area contributed by atoms with Crippen molar-refractivity contribution in [2.24, 2.45) is 4.99 Å². The van der Waals surface area contributed by atoms with Crippen molar-refractivity contribution in [3.63, 3.8) is 0 Å². The minimum Gasteiger partial charge on any atom is -0.493 e. The Kier molecular flexibility index (Phi) is 12.6. The predicted octanol–water partition coefficient (Wildman–Crippen LogP) is 7.41. The first-order valence-electron chi connectivity index (χ1n) is 19.6. The minimum atomic E-state index is -1.28. The highest BCUT2D eigenvalue weighted by Crippen LogP contribution is 2.48. The molecule has 0 radical (unpaired) electrons. The molecule has 0 aromatic heterocycles. The summed E-state index contributed by atoms with van der Waals surface area (Å²) in [6.45, 7) is 8.15. The van der Waals surface area contributed by atoms with Crippen LogP contribution < -0.4 is 23.8 Å². The summed E-state index contributed by atoms with van der Waals surface area (Å²) >= 11 is 0. The lowest BCUT2D eigenvalue weighted by atomic mass is 10.1. The van der Waals surface area contributed by atoms with Gasteiger partial charge in [0.05, 0.1) is 66.8 Å². The van der Waals surface area contributed by atoms with Gasteiger partial charge in [0.2, 0.25) is 0 Å². The Morgan fingerprint density at radius 1 is 0.929 bits per heavy atom. The lowest BCUT2D eigenvalue weighted by Gasteiger charge is -2.33. The zero-order chi connectivity index (χ0) is 39.4. The Labute approximate surface area is 336 Å². The Bertz CT molecular complexity index is 1850. The number of anilines is 1. The summed E-state index contributed by atoms with van der Waals surface area (Å²) in [4.78, 5) is 50.5. The van der Waals surface area contributed by atoms with Crippen molar-refractivity contribution in [2.45, 2.75) is 94.2 Å². The van der Waals surface area contributed by atoms with Crippen LogP contribution in [0.25, 0.3) is 0 Å². The molecule has 3 amide bonds. The number of aliphatic hydroxyl groups is 1. The second-order valence-corrected chi connectivity index (χ2v) is 18.0. The summed E-state index contributed by atoms with van der Waals surface area (Å²) in [6, 6.07) is 6.03. The number of hydrogen-bond acceptors (Lipinski definition) is 12. The predicted molar refractivity (Wildman–Crippen MR) is 218 cm³/mol. The number of carbonyl (C=O) groups excluding carboxylic acids is 3. The van der Waals surface area contributed by atoms with Crippen LogP contribution in [-0.2, 0) is 4.74 Å². The topological polar surface area (TPSA) is 140 Å². The Balaban J connectivity index is 0.993. The van der Waals surface area contributed by atoms with Gasteiger partial charge in [0.15, 0.2) is 29.2 Å². The van der Waals surface area contributed by atoms with Crippen molar-refractivity contribution in [3.8, 4) is 23.0 Å². The molecular formula is C41H52N4O9S2. The van der Waals surface area contributed by atoms with E-state index in [2.05, 4.69) is 18.5 Å². The molecule has 3 unspecified atom stereocenters. The average Bonchev–Trinajstić information content (AvgIpc) is 3.95. The Morgan fingerprint density at radius 2 is 1.61 bits per heavy atom. The molecule has 4 heterocycles. The normalized spacial score (nSPS) is 22.2. The molecule has 2 aromatic rings. The van der Waals surface area contributed by atoms with Crippen molar-refractivity contribution >= 4 is 57.1 Å². The first kappa shape index (κ1) is 40.1. The van der Waals surface area contributed by atoms with Gasteiger partial charge in [-0.3, -0.25) is 14.6 Å². The van der Waals surface area contributed by atoms with Crippen LogP contribution in [-0.4, -0.2) is 115 Å². The van der Waals surface area contributed by atoms with Gasteiger partial charge in [-0.25, -0.2) is 9.69 Å². The van der Waals surface area contributed by atoms with Crippen molar-refractivity contribution in [2.75, 3.05) is 57.8 Å². The summed E-state index contributed by atoms with van der Waals surface area (Å²) in [5.74, 6) is 2.31. The second kappa shape index (κ2) is 17.6. The van der Waals surface area contributed by atoms with E-state index < -0.39 is 18.4 Å². The number of methoxy groups -OCH3 is 2. The molecule has 0 spiro atoms. The third-order valence-electron chi connectivity index (χ3n) is 11.2. The van der Waals surface area contributed by atoms with Crippen LogP contribution in [0.15, 0.2) is 41.4 Å². The Hall–Kier alpha value is -4.08. The number of carbonyl (C=O) groups is 3. The van der Waals surface area contributed by atoms with Gasteiger partial charge >= 0.3 is 6.09 Å². The van der Waals surface area contributed by atoms with E-state index in [1.54, 1.807) is 62.8 Å². The third-order valence-corrected chi connectivity index (χ3v) is 14.6. The largest absolute Gasteiger partial charge is 0.493 e. The number of ether oxygens (including phenoxy) is 5. The van der Waals surface area contributed by atoms with Crippen LogP contribution in [0.1, 0.15) is 91.8 Å². The number of rotatable bonds is 15. The molecule has 56 heavy (non-hydrogen) atoms. The number of nitrogens with zero attached hydrogens (tertiary/aromatic N) is 4. The van der Waals surface area contributed by atoms with Crippen molar-refractivity contribution < 1.29 is 43.2 Å². The summed E-state index contributed by atoms with van der Waals surface area (Å²) in [7, 11) is 6.62. The maximum absolute atomic E-state index is 14.0. The quantitative estimate of drug-likeness (QED) is 0.109. The van der Waals surface area contributed by atoms with Gasteiger partial charge in [-0.05, 0) is 63.5 Å². The van der Waals surface area contributed by atoms with Crippen LogP contribution >= 0.6 is 21.6 Å². The van der Waals surface area contributed by atoms with Crippen LogP contribution in [0.3, 0.4) is 0 Å². The smallest absolute Gasteiger partial charge is 0.416 e. The lowest BCUT2D eigenvalue weighted by Crippen LogP contribution is -2.51. The molecular weight excluding hydrogens is 757 g/mol. The number of aliphatic imine (C=N–C) groups is 1. The number of unbranched alkanes of at least 4 members (excludes halogenated alkanes) is 2. The average molecular weight is 809 g/mol. The molecule has 302 valence electrons. The monoisotopic (exact) mass is 808 g/mol. The van der Waals surface area contributed by atoms with E-state index >= 15 is 0 Å². The molecule has 5 aliphatic rings. The fraction of sp³-hybridized carbons (Fsp3) is 0.561. The molecule has 13 nitrogen and oxygen atoms in total. The SMILES string of the molecule is C=C1CC2C=Nc3cc(OCCCCCOc4cc5c(cc4OC)C(=O)N4CCCC4C(O)N5C(=O)OCC4(SSCC)CCCC4)c(OC)cc3C(=O)N2C1. The standard InChI is InChI=1S/C41H52N4O9S2/c1-5-55-56-41(13-7-8-14-41)25-54-40(49)45-32-22-36(34(51-4)20-29(32)38(47)43-15-11-12-31(43)39(45)48)53-17-10-6-9-16-52-35-21-30-28(19-33(35)50-3)37(46)44-24-26(2)18-27(44)23-42-30/h19-23,27,31,39,48H,2,5-18,24-25H2,1,3-4H3. The summed E-state index contributed by atoms with van der Waals surface area (Å²) < 4.78 is 29.4. The van der Waals surface area contributed by atoms with Gasteiger partial charge in [0.1, 0.15) is 6.61 Å². The minimum absolute atomic E-state index is 0.0960. The summed E-state index contributed by atoms with van der Waals surface area (Å²) in [6.07, 6.45) is 8.14. The number of hydrogen-bond donors (Lipinski definition) is 1. The summed E-state index contributed by atoms with van der Waals surface area (Å²) in [5.41, 5.74) is 2.54. The van der Waals surface area contributed by atoms with E-state index in [9.17, 15) is 19.5 Å². The third kappa shape index (κ3) is 8.17. The van der Waals surface area contributed by atoms with Crippen molar-refractivity contribution in [1.29, 1.82) is 0 Å². The molecule has 15 heteroatoms. The first-order chi connectivity index (χ1) is 27.2. The van der Waals surface area contributed by atoms with Crippen LogP contribution in [0, 0.1) is 0 Å². The number of amides is 3. The highest BCUT2D eigenvalue weighted by Gasteiger charge is 2.46. The van der Waals surface area contributed by atoms with E-state index in [4.69, 9.17) is 23.7 Å². The van der Waals surface area contributed by atoms with Crippen molar-refractivity contribution in [3.05, 3.63) is 47.5 Å². The highest BCUT2D eigenvalue weighted by molar-refractivity contribution is 8.77. The van der Waals surface area contributed by atoms with Crippen LogP contribution in [0.5, 0.6) is 23.0 Å². The molecule has 0 bridgehead atoms. The zero-order valence-electron chi connectivity index (χ0n) is 32.5. The van der Waals surface area contributed by atoms with Crippen LogP contribution in [0.2, 0.25) is 0 Å². The fourth-order valence-corrected chi connectivity index (χ4v) is 11.0. The van der Waals surface area contributed by atoms with E-state index in [-0.39, 0.29) is 40.5 Å². The molecule has 3 atom stereocenters. The lowest BCUT2D eigenvalue weighted by molar-refractivity contribution is 0.0484. The molecule has 1 aliphatic carbocycles. The molecule has 2 aromatic carbocycles. The number of fused-ring (bicyclic) bond motifs is 4. The zero-order valence-corrected chi connectivity index (χ0v) is 34.1. The van der Waals surface area contributed by atoms with Gasteiger partial charge in [-0.15, -0.1) is 0 Å². The van der Waals surface area contributed by atoms with Crippen LogP contribution in [0.4, 0.5) is 16.2 Å². The van der Waals surface area contributed by atoms with Gasteiger partial charge in [0, 0.05) is 37.2 Å². The molecule has 2 saturated heterocycles.